The summed E-state index contributed by atoms with van der Waals surface area (Å²) in [5, 5.41) is 7.83. The molecule has 5 nitrogen and oxygen atoms in total. The Bertz CT molecular complexity index is 734. The first kappa shape index (κ1) is 12.6. The topological polar surface area (TPSA) is 68.2 Å². The Labute approximate surface area is 123 Å². The van der Waals surface area contributed by atoms with Gasteiger partial charge in [-0.2, -0.15) is 9.61 Å². The molecule has 2 aromatic heterocycles. The summed E-state index contributed by atoms with van der Waals surface area (Å²) in [6.07, 6.45) is 11.7. The molecule has 1 saturated heterocycles. The van der Waals surface area contributed by atoms with Crippen molar-refractivity contribution in [3.63, 3.8) is 0 Å². The molecule has 1 atom stereocenters. The molecule has 21 heavy (non-hydrogen) atoms. The van der Waals surface area contributed by atoms with Crippen LogP contribution in [0.25, 0.3) is 11.2 Å². The second kappa shape index (κ2) is 5.00. The molecule has 1 fully saturated rings. The Kier molecular flexibility index (Phi) is 3.00. The van der Waals surface area contributed by atoms with E-state index in [0.29, 0.717) is 11.7 Å². The van der Waals surface area contributed by atoms with E-state index in [4.69, 9.17) is 10.7 Å². The van der Waals surface area contributed by atoms with Gasteiger partial charge in [0.05, 0.1) is 11.9 Å². The van der Waals surface area contributed by atoms with Crippen LogP contribution in [0.3, 0.4) is 0 Å². The predicted molar refractivity (Wildman–Crippen MR) is 84.0 cm³/mol. The van der Waals surface area contributed by atoms with E-state index >= 15 is 0 Å². The highest BCUT2D eigenvalue weighted by Crippen LogP contribution is 2.28. The van der Waals surface area contributed by atoms with Gasteiger partial charge >= 0.3 is 0 Å². The molecule has 3 heterocycles. The molecule has 108 valence electrons. The SMILES string of the molecule is Nc1cc(C2CCCNC2)nc2c(C3=CCC=C3)cnn12. The van der Waals surface area contributed by atoms with Crippen LogP contribution in [-0.2, 0) is 0 Å². The van der Waals surface area contributed by atoms with E-state index in [-0.39, 0.29) is 0 Å². The molecule has 2 aromatic rings. The molecule has 4 rings (SSSR count). The lowest BCUT2D eigenvalue weighted by molar-refractivity contribution is 0.455. The summed E-state index contributed by atoms with van der Waals surface area (Å²) in [6, 6.07) is 1.97. The molecule has 1 unspecified atom stereocenters. The van der Waals surface area contributed by atoms with Gasteiger partial charge in [0, 0.05) is 24.1 Å². The number of nitrogens with zero attached hydrogens (tertiary/aromatic N) is 3. The zero-order valence-electron chi connectivity index (χ0n) is 11.9. The largest absolute Gasteiger partial charge is 0.384 e. The van der Waals surface area contributed by atoms with E-state index in [1.807, 2.05) is 12.3 Å². The Balaban J connectivity index is 1.82. The minimum absolute atomic E-state index is 0.446. The highest BCUT2D eigenvalue weighted by Gasteiger charge is 2.20. The van der Waals surface area contributed by atoms with Gasteiger partial charge in [-0.25, -0.2) is 4.98 Å². The highest BCUT2D eigenvalue weighted by atomic mass is 15.3. The molecule has 0 saturated carbocycles. The van der Waals surface area contributed by atoms with Gasteiger partial charge in [-0.3, -0.25) is 0 Å². The molecule has 1 aliphatic heterocycles. The van der Waals surface area contributed by atoms with Crippen molar-refractivity contribution in [3.8, 4) is 0 Å². The lowest BCUT2D eigenvalue weighted by atomic mass is 9.96. The van der Waals surface area contributed by atoms with E-state index < -0.39 is 0 Å². The smallest absolute Gasteiger partial charge is 0.165 e. The van der Waals surface area contributed by atoms with Gasteiger partial charge in [-0.05, 0) is 31.4 Å². The molecular weight excluding hydrogens is 262 g/mol. The van der Waals surface area contributed by atoms with Crippen LogP contribution in [0.4, 0.5) is 5.82 Å². The van der Waals surface area contributed by atoms with Crippen LogP contribution in [0.5, 0.6) is 0 Å². The molecule has 0 bridgehead atoms. The summed E-state index contributed by atoms with van der Waals surface area (Å²) in [4.78, 5) is 4.87. The van der Waals surface area contributed by atoms with Gasteiger partial charge in [0.2, 0.25) is 0 Å². The van der Waals surface area contributed by atoms with Crippen LogP contribution >= 0.6 is 0 Å². The van der Waals surface area contributed by atoms with E-state index in [1.54, 1.807) is 4.52 Å². The summed E-state index contributed by atoms with van der Waals surface area (Å²) in [7, 11) is 0. The van der Waals surface area contributed by atoms with Crippen LogP contribution in [0.1, 0.15) is 36.4 Å². The maximum atomic E-state index is 6.18. The Morgan fingerprint density at radius 2 is 2.33 bits per heavy atom. The standard InChI is InChI=1S/C16H19N5/c17-15-8-14(12-6-3-7-18-9-12)20-16-13(10-19-21(15)16)11-4-1-2-5-11/h1,4-5,8,10,12,18H,2-3,6-7,9,17H2. The highest BCUT2D eigenvalue weighted by molar-refractivity contribution is 5.83. The molecule has 0 amide bonds. The monoisotopic (exact) mass is 281 g/mol. The maximum Gasteiger partial charge on any atom is 0.165 e. The van der Waals surface area contributed by atoms with Crippen molar-refractivity contribution in [1.82, 2.24) is 19.9 Å². The fourth-order valence-corrected chi connectivity index (χ4v) is 3.18. The lowest BCUT2D eigenvalue weighted by Crippen LogP contribution is -2.29. The fraction of sp³-hybridized carbons (Fsp3) is 0.375. The van der Waals surface area contributed by atoms with E-state index in [0.717, 1.165) is 36.4 Å². The van der Waals surface area contributed by atoms with Crippen molar-refractivity contribution in [3.05, 3.63) is 41.7 Å². The molecule has 0 radical (unpaired) electrons. The first-order valence-electron chi connectivity index (χ1n) is 7.55. The van der Waals surface area contributed by atoms with Crippen LogP contribution < -0.4 is 11.1 Å². The van der Waals surface area contributed by atoms with Crippen molar-refractivity contribution in [2.75, 3.05) is 18.8 Å². The van der Waals surface area contributed by atoms with Crippen molar-refractivity contribution >= 4 is 17.0 Å². The van der Waals surface area contributed by atoms with Crippen LogP contribution in [-0.4, -0.2) is 27.7 Å². The lowest BCUT2D eigenvalue weighted by Gasteiger charge is -2.22. The van der Waals surface area contributed by atoms with Crippen LogP contribution in [0.2, 0.25) is 0 Å². The third-order valence-electron chi connectivity index (χ3n) is 4.32. The summed E-state index contributed by atoms with van der Waals surface area (Å²) >= 11 is 0. The number of aromatic nitrogens is 3. The zero-order valence-corrected chi connectivity index (χ0v) is 11.9. The number of hydrogen-bond acceptors (Lipinski definition) is 4. The minimum Gasteiger partial charge on any atom is -0.384 e. The van der Waals surface area contributed by atoms with E-state index in [9.17, 15) is 0 Å². The summed E-state index contributed by atoms with van der Waals surface area (Å²) in [5.74, 6) is 1.11. The molecular formula is C16H19N5. The number of hydrogen-bond donors (Lipinski definition) is 2. The van der Waals surface area contributed by atoms with Gasteiger partial charge in [-0.15, -0.1) is 0 Å². The number of rotatable bonds is 2. The summed E-state index contributed by atoms with van der Waals surface area (Å²) < 4.78 is 1.74. The quantitative estimate of drug-likeness (QED) is 0.884. The second-order valence-electron chi connectivity index (χ2n) is 5.74. The average Bonchev–Trinajstić information content (AvgIpc) is 3.16. The molecule has 2 aliphatic rings. The Morgan fingerprint density at radius 3 is 3.10 bits per heavy atom. The van der Waals surface area contributed by atoms with E-state index in [1.165, 1.54) is 18.4 Å². The van der Waals surface area contributed by atoms with Crippen molar-refractivity contribution in [2.24, 2.45) is 0 Å². The van der Waals surface area contributed by atoms with Gasteiger partial charge in [0.25, 0.3) is 0 Å². The van der Waals surface area contributed by atoms with E-state index in [2.05, 4.69) is 28.6 Å². The maximum absolute atomic E-state index is 6.18. The number of anilines is 1. The zero-order chi connectivity index (χ0) is 14.2. The first-order chi connectivity index (χ1) is 10.3. The minimum atomic E-state index is 0.446. The Morgan fingerprint density at radius 1 is 1.38 bits per heavy atom. The molecule has 0 spiro atoms. The van der Waals surface area contributed by atoms with Crippen molar-refractivity contribution in [1.29, 1.82) is 0 Å². The molecule has 1 aliphatic carbocycles. The van der Waals surface area contributed by atoms with Gasteiger partial charge in [0.15, 0.2) is 5.65 Å². The van der Waals surface area contributed by atoms with Crippen molar-refractivity contribution < 1.29 is 0 Å². The Hall–Kier alpha value is -2.14. The molecule has 5 heteroatoms. The van der Waals surface area contributed by atoms with Crippen molar-refractivity contribution in [2.45, 2.75) is 25.2 Å². The average molecular weight is 281 g/mol. The predicted octanol–water partition coefficient (Wildman–Crippen LogP) is 2.12. The number of piperidine rings is 1. The second-order valence-corrected chi connectivity index (χ2v) is 5.74. The first-order valence-corrected chi connectivity index (χ1v) is 7.55. The normalized spacial score (nSPS) is 21.9. The fourth-order valence-electron chi connectivity index (χ4n) is 3.18. The number of allylic oxidation sites excluding steroid dienone is 4. The number of nitrogen functional groups attached to an aromatic ring is 1. The number of nitrogens with one attached hydrogen (secondary N) is 1. The van der Waals surface area contributed by atoms with Crippen LogP contribution in [0, 0.1) is 0 Å². The molecule has 3 N–H and O–H groups in total. The van der Waals surface area contributed by atoms with Gasteiger partial charge < -0.3 is 11.1 Å². The molecule has 0 aromatic carbocycles. The van der Waals surface area contributed by atoms with Gasteiger partial charge in [-0.1, -0.05) is 18.2 Å². The summed E-state index contributed by atoms with van der Waals surface area (Å²) in [5.41, 5.74) is 10.4. The number of nitrogens with two attached hydrogens (primary N) is 1. The third kappa shape index (κ3) is 2.14. The number of fused-ring (bicyclic) bond motifs is 1. The van der Waals surface area contributed by atoms with Gasteiger partial charge in [0.1, 0.15) is 5.82 Å². The summed E-state index contributed by atoms with van der Waals surface area (Å²) in [6.45, 7) is 2.08. The third-order valence-corrected chi connectivity index (χ3v) is 4.32. The van der Waals surface area contributed by atoms with Crippen LogP contribution in [0.15, 0.2) is 30.5 Å².